The summed E-state index contributed by atoms with van der Waals surface area (Å²) in [5.74, 6) is 0.159. The van der Waals surface area contributed by atoms with Crippen LogP contribution in [0.15, 0.2) is 60.7 Å². The van der Waals surface area contributed by atoms with Gasteiger partial charge < -0.3 is 24.6 Å². The van der Waals surface area contributed by atoms with Gasteiger partial charge in [-0.05, 0) is 58.4 Å². The van der Waals surface area contributed by atoms with Crippen LogP contribution in [0.5, 0.6) is 17.2 Å². The Morgan fingerprint density at radius 2 is 1.59 bits per heavy atom. The molecule has 41 heavy (non-hydrogen) atoms. The Morgan fingerprint density at radius 1 is 0.951 bits per heavy atom. The number of likely N-dealkylation sites (tertiary alicyclic amines) is 1. The molecule has 2 heterocycles. The zero-order valence-electron chi connectivity index (χ0n) is 24.2. The van der Waals surface area contributed by atoms with Gasteiger partial charge in [0.25, 0.3) is 0 Å². The van der Waals surface area contributed by atoms with Crippen molar-refractivity contribution in [2.75, 3.05) is 32.3 Å². The lowest BCUT2D eigenvalue weighted by molar-refractivity contribution is -0.143. The molecule has 0 spiro atoms. The first-order chi connectivity index (χ1) is 19.7. The molecule has 0 bridgehead atoms. The Bertz CT molecular complexity index is 1390. The molecule has 2 aliphatic heterocycles. The maximum absolute atomic E-state index is 13.7. The van der Waals surface area contributed by atoms with Gasteiger partial charge in [0, 0.05) is 24.2 Å². The molecular weight excluding hydrogens is 520 g/mol. The van der Waals surface area contributed by atoms with E-state index >= 15 is 0 Å². The summed E-state index contributed by atoms with van der Waals surface area (Å²) in [7, 11) is 1.59. The first kappa shape index (κ1) is 28.5. The van der Waals surface area contributed by atoms with Crippen molar-refractivity contribution in [3.63, 3.8) is 0 Å². The van der Waals surface area contributed by atoms with Crippen molar-refractivity contribution < 1.29 is 28.9 Å². The van der Waals surface area contributed by atoms with E-state index in [0.717, 1.165) is 27.9 Å². The number of aliphatic carboxylic acids is 1. The second-order valence-corrected chi connectivity index (χ2v) is 11.4. The second kappa shape index (κ2) is 11.8. The van der Waals surface area contributed by atoms with E-state index < -0.39 is 17.9 Å². The highest BCUT2D eigenvalue weighted by Gasteiger charge is 2.48. The summed E-state index contributed by atoms with van der Waals surface area (Å²) in [4.78, 5) is 28.6. The molecule has 216 valence electrons. The number of carboxylic acid groups (broad SMARTS) is 1. The van der Waals surface area contributed by atoms with Crippen molar-refractivity contribution >= 4 is 17.6 Å². The Kier molecular flexibility index (Phi) is 8.22. The van der Waals surface area contributed by atoms with Gasteiger partial charge in [0.1, 0.15) is 5.75 Å². The van der Waals surface area contributed by atoms with Crippen LogP contribution in [-0.4, -0.2) is 48.9 Å². The maximum Gasteiger partial charge on any atom is 0.309 e. The van der Waals surface area contributed by atoms with E-state index in [-0.39, 0.29) is 37.0 Å². The van der Waals surface area contributed by atoms with Gasteiger partial charge in [-0.2, -0.15) is 0 Å². The lowest BCUT2D eigenvalue weighted by Crippen LogP contribution is -2.35. The standard InChI is InChI=1S/C33H38N2O6/c1-19(2)24-7-6-8-25(20(3)4)31(24)34-29(36)17-35-16-26(22-11-14-27-28(15-22)41-18-40-27)30(33(37)38)32(35)21-9-12-23(39-5)13-10-21/h6-15,19-20,26,30,32H,16-18H2,1-5H3,(H,34,36)(H,37,38)/t26-,30-,32+/m0/s1. The first-order valence-corrected chi connectivity index (χ1v) is 14.1. The van der Waals surface area contributed by atoms with Gasteiger partial charge in [-0.1, -0.05) is 64.1 Å². The smallest absolute Gasteiger partial charge is 0.309 e. The molecule has 2 aliphatic rings. The zero-order chi connectivity index (χ0) is 29.3. The number of ether oxygens (including phenoxy) is 3. The number of benzene rings is 3. The molecule has 2 N–H and O–H groups in total. The Morgan fingerprint density at radius 3 is 2.20 bits per heavy atom. The third-order valence-electron chi connectivity index (χ3n) is 8.15. The van der Waals surface area contributed by atoms with E-state index in [1.807, 2.05) is 53.4 Å². The minimum absolute atomic E-state index is 0.0471. The molecule has 1 saturated heterocycles. The molecule has 1 fully saturated rings. The fourth-order valence-corrected chi connectivity index (χ4v) is 6.13. The number of carboxylic acids is 1. The zero-order valence-corrected chi connectivity index (χ0v) is 24.2. The Hall–Kier alpha value is -4.04. The maximum atomic E-state index is 13.7. The van der Waals surface area contributed by atoms with Crippen LogP contribution < -0.4 is 19.5 Å². The van der Waals surface area contributed by atoms with Gasteiger partial charge in [-0.25, -0.2) is 0 Å². The fourth-order valence-electron chi connectivity index (χ4n) is 6.13. The summed E-state index contributed by atoms with van der Waals surface area (Å²) in [6, 6.07) is 18.6. The summed E-state index contributed by atoms with van der Waals surface area (Å²) < 4.78 is 16.4. The molecule has 0 aliphatic carbocycles. The van der Waals surface area contributed by atoms with E-state index in [1.54, 1.807) is 7.11 Å². The number of methoxy groups -OCH3 is 1. The number of hydrogen-bond acceptors (Lipinski definition) is 6. The fraction of sp³-hybridized carbons (Fsp3) is 0.394. The molecule has 0 aromatic heterocycles. The minimum atomic E-state index is -0.913. The second-order valence-electron chi connectivity index (χ2n) is 11.4. The topological polar surface area (TPSA) is 97.3 Å². The van der Waals surface area contributed by atoms with E-state index in [0.29, 0.717) is 23.8 Å². The first-order valence-electron chi connectivity index (χ1n) is 14.1. The van der Waals surface area contributed by atoms with Crippen molar-refractivity contribution in [3.8, 4) is 17.2 Å². The molecule has 0 unspecified atom stereocenters. The van der Waals surface area contributed by atoms with E-state index in [9.17, 15) is 14.7 Å². The number of hydrogen-bond donors (Lipinski definition) is 2. The largest absolute Gasteiger partial charge is 0.497 e. The number of nitrogens with zero attached hydrogens (tertiary/aromatic N) is 1. The summed E-state index contributed by atoms with van der Waals surface area (Å²) in [6.07, 6.45) is 0. The van der Waals surface area contributed by atoms with Gasteiger partial charge in [0.05, 0.1) is 19.6 Å². The van der Waals surface area contributed by atoms with Crippen LogP contribution in [-0.2, 0) is 9.59 Å². The third-order valence-corrected chi connectivity index (χ3v) is 8.15. The molecule has 3 aromatic carbocycles. The third kappa shape index (κ3) is 5.75. The Balaban J connectivity index is 1.50. The molecule has 0 saturated carbocycles. The molecule has 3 atom stereocenters. The number of anilines is 1. The van der Waals surface area contributed by atoms with E-state index in [1.165, 1.54) is 0 Å². The summed E-state index contributed by atoms with van der Waals surface area (Å²) in [6.45, 7) is 9.04. The number of para-hydroxylation sites is 1. The van der Waals surface area contributed by atoms with Crippen LogP contribution in [0.2, 0.25) is 0 Å². The Labute approximate surface area is 241 Å². The number of fused-ring (bicyclic) bond motifs is 1. The number of rotatable bonds is 9. The number of carbonyl (C=O) groups is 2. The molecule has 3 aromatic rings. The summed E-state index contributed by atoms with van der Waals surface area (Å²) >= 11 is 0. The van der Waals surface area contributed by atoms with Gasteiger partial charge in [0.2, 0.25) is 12.7 Å². The number of amides is 1. The average molecular weight is 559 g/mol. The molecule has 8 heteroatoms. The predicted octanol–water partition coefficient (Wildman–Crippen LogP) is 6.15. The van der Waals surface area contributed by atoms with Gasteiger partial charge in [-0.3, -0.25) is 14.5 Å². The van der Waals surface area contributed by atoms with Crippen molar-refractivity contribution in [2.24, 2.45) is 5.92 Å². The lowest BCUT2D eigenvalue weighted by atomic mass is 9.82. The van der Waals surface area contributed by atoms with Crippen LogP contribution >= 0.6 is 0 Å². The van der Waals surface area contributed by atoms with Gasteiger partial charge in [-0.15, -0.1) is 0 Å². The molecule has 8 nitrogen and oxygen atoms in total. The average Bonchev–Trinajstić information content (AvgIpc) is 3.57. The molecule has 1 amide bonds. The van der Waals surface area contributed by atoms with Crippen molar-refractivity contribution in [3.05, 3.63) is 82.9 Å². The van der Waals surface area contributed by atoms with Gasteiger partial charge in [0.15, 0.2) is 11.5 Å². The summed E-state index contributed by atoms with van der Waals surface area (Å²) in [5, 5.41) is 13.8. The normalized spacial score (nSPS) is 20.0. The minimum Gasteiger partial charge on any atom is -0.497 e. The highest BCUT2D eigenvalue weighted by molar-refractivity contribution is 5.94. The lowest BCUT2D eigenvalue weighted by Gasteiger charge is -2.27. The van der Waals surface area contributed by atoms with Crippen LogP contribution in [0.4, 0.5) is 5.69 Å². The van der Waals surface area contributed by atoms with Crippen LogP contribution in [0.3, 0.4) is 0 Å². The van der Waals surface area contributed by atoms with Crippen LogP contribution in [0.1, 0.15) is 73.7 Å². The van der Waals surface area contributed by atoms with Crippen molar-refractivity contribution in [1.82, 2.24) is 4.90 Å². The molecule has 0 radical (unpaired) electrons. The van der Waals surface area contributed by atoms with Crippen molar-refractivity contribution in [1.29, 1.82) is 0 Å². The molecular formula is C33H38N2O6. The van der Waals surface area contributed by atoms with Crippen LogP contribution in [0, 0.1) is 5.92 Å². The predicted molar refractivity (Wildman–Crippen MR) is 157 cm³/mol. The van der Waals surface area contributed by atoms with E-state index in [2.05, 4.69) is 45.1 Å². The monoisotopic (exact) mass is 558 g/mol. The number of nitrogens with one attached hydrogen (secondary N) is 1. The van der Waals surface area contributed by atoms with Gasteiger partial charge >= 0.3 is 5.97 Å². The van der Waals surface area contributed by atoms with E-state index in [4.69, 9.17) is 14.2 Å². The molecule has 5 rings (SSSR count). The summed E-state index contributed by atoms with van der Waals surface area (Å²) in [5.41, 5.74) is 4.68. The van der Waals surface area contributed by atoms with Crippen LogP contribution in [0.25, 0.3) is 0 Å². The van der Waals surface area contributed by atoms with Crippen molar-refractivity contribution in [2.45, 2.75) is 51.5 Å². The quantitative estimate of drug-likeness (QED) is 0.325. The highest BCUT2D eigenvalue weighted by atomic mass is 16.7. The number of carbonyl (C=O) groups excluding carboxylic acids is 1. The highest BCUT2D eigenvalue weighted by Crippen LogP contribution is 2.48. The SMILES string of the molecule is COc1ccc([C@@H]2[C@@H](C(=O)O)[C@H](c3ccc4c(c3)OCO4)CN2CC(=O)Nc2c(C(C)C)cccc2C(C)C)cc1.